The molecule has 0 unspecified atom stereocenters. The van der Waals surface area contributed by atoms with Crippen LogP contribution in [0.4, 0.5) is 5.95 Å². The van der Waals surface area contributed by atoms with Crippen LogP contribution < -0.4 is 5.73 Å². The van der Waals surface area contributed by atoms with Crippen molar-refractivity contribution in [3.63, 3.8) is 0 Å². The Morgan fingerprint density at radius 1 is 1.18 bits per heavy atom. The molecule has 0 atom stereocenters. The molecule has 2 aromatic rings. The Hall–Kier alpha value is -1.97. The standard InChI is InChI=1S/C11H12N4.C2H6/c1-7-3-4-10-9(5-7)8(2)14-11(15-10)13-6-12;1-2/h3-6H,1-2H3,(H2,12,13,14,15);1-2H3. The van der Waals surface area contributed by atoms with Gasteiger partial charge in [0, 0.05) is 5.39 Å². The highest BCUT2D eigenvalue weighted by atomic mass is 15.1. The van der Waals surface area contributed by atoms with Crippen LogP contribution in [0, 0.1) is 13.8 Å². The molecule has 4 nitrogen and oxygen atoms in total. The number of aromatic nitrogens is 2. The molecule has 0 amide bonds. The van der Waals surface area contributed by atoms with Crippen molar-refractivity contribution in [2.45, 2.75) is 27.7 Å². The zero-order chi connectivity index (χ0) is 12.8. The van der Waals surface area contributed by atoms with Gasteiger partial charge in [0.25, 0.3) is 5.95 Å². The predicted octanol–water partition coefficient (Wildman–Crippen LogP) is 2.89. The summed E-state index contributed by atoms with van der Waals surface area (Å²) in [5.41, 5.74) is 8.22. The van der Waals surface area contributed by atoms with E-state index in [4.69, 9.17) is 5.73 Å². The van der Waals surface area contributed by atoms with Crippen LogP contribution in [0.25, 0.3) is 10.9 Å². The first-order chi connectivity index (χ1) is 8.20. The maximum atomic E-state index is 5.21. The minimum absolute atomic E-state index is 0.409. The van der Waals surface area contributed by atoms with Gasteiger partial charge in [-0.1, -0.05) is 25.5 Å². The van der Waals surface area contributed by atoms with Gasteiger partial charge < -0.3 is 5.73 Å². The fourth-order valence-corrected chi connectivity index (χ4v) is 1.50. The Morgan fingerprint density at radius 3 is 2.53 bits per heavy atom. The summed E-state index contributed by atoms with van der Waals surface area (Å²) in [6.07, 6.45) is 1.20. The molecule has 4 heteroatoms. The second kappa shape index (κ2) is 5.94. The molecule has 0 aliphatic heterocycles. The molecule has 0 aliphatic rings. The van der Waals surface area contributed by atoms with Crippen molar-refractivity contribution in [1.29, 1.82) is 0 Å². The molecule has 0 fully saturated rings. The van der Waals surface area contributed by atoms with Crippen LogP contribution in [-0.4, -0.2) is 16.3 Å². The predicted molar refractivity (Wildman–Crippen MR) is 72.7 cm³/mol. The van der Waals surface area contributed by atoms with Crippen LogP contribution in [-0.2, 0) is 0 Å². The van der Waals surface area contributed by atoms with Gasteiger partial charge in [-0.05, 0) is 26.0 Å². The second-order valence-corrected chi connectivity index (χ2v) is 3.41. The molecule has 2 rings (SSSR count). The van der Waals surface area contributed by atoms with Gasteiger partial charge >= 0.3 is 0 Å². The number of hydrogen-bond acceptors (Lipinski definition) is 3. The first-order valence-electron chi connectivity index (χ1n) is 5.70. The Balaban J connectivity index is 0.000000686. The summed E-state index contributed by atoms with van der Waals surface area (Å²) in [5.74, 6) is 0.409. The van der Waals surface area contributed by atoms with Gasteiger partial charge in [-0.3, -0.25) is 0 Å². The summed E-state index contributed by atoms with van der Waals surface area (Å²) in [4.78, 5) is 12.4. The van der Waals surface area contributed by atoms with Crippen molar-refractivity contribution in [3.8, 4) is 0 Å². The minimum Gasteiger partial charge on any atom is -0.390 e. The average Bonchev–Trinajstić information content (AvgIpc) is 2.33. The van der Waals surface area contributed by atoms with E-state index in [1.807, 2.05) is 39.8 Å². The first-order valence-corrected chi connectivity index (χ1v) is 5.70. The zero-order valence-electron chi connectivity index (χ0n) is 10.7. The molecule has 0 saturated carbocycles. The van der Waals surface area contributed by atoms with E-state index in [9.17, 15) is 0 Å². The van der Waals surface area contributed by atoms with E-state index in [-0.39, 0.29) is 0 Å². The Labute approximate surface area is 102 Å². The summed E-state index contributed by atoms with van der Waals surface area (Å²) >= 11 is 0. The quantitative estimate of drug-likeness (QED) is 0.605. The molecule has 1 aromatic carbocycles. The van der Waals surface area contributed by atoms with E-state index in [2.05, 4.69) is 21.0 Å². The molecule has 1 aromatic heterocycles. The smallest absolute Gasteiger partial charge is 0.251 e. The van der Waals surface area contributed by atoms with Gasteiger partial charge in [-0.2, -0.15) is 0 Å². The van der Waals surface area contributed by atoms with Crippen LogP contribution in [0.15, 0.2) is 23.2 Å². The average molecular weight is 230 g/mol. The lowest BCUT2D eigenvalue weighted by atomic mass is 10.1. The van der Waals surface area contributed by atoms with Crippen LogP contribution in [0.2, 0.25) is 0 Å². The SMILES string of the molecule is CC.Cc1ccc2nc(/N=C\N)nc(C)c2c1. The van der Waals surface area contributed by atoms with Crippen molar-refractivity contribution in [1.82, 2.24) is 9.97 Å². The molecule has 17 heavy (non-hydrogen) atoms. The lowest BCUT2D eigenvalue weighted by molar-refractivity contribution is 1.12. The molecule has 90 valence electrons. The maximum Gasteiger partial charge on any atom is 0.251 e. The summed E-state index contributed by atoms with van der Waals surface area (Å²) in [7, 11) is 0. The number of rotatable bonds is 1. The van der Waals surface area contributed by atoms with E-state index >= 15 is 0 Å². The van der Waals surface area contributed by atoms with E-state index in [1.54, 1.807) is 0 Å². The fourth-order valence-electron chi connectivity index (χ4n) is 1.50. The Bertz CT molecular complexity index is 532. The molecule has 0 radical (unpaired) electrons. The molecule has 0 spiro atoms. The molecule has 2 N–H and O–H groups in total. The van der Waals surface area contributed by atoms with Gasteiger partial charge in [0.1, 0.15) is 0 Å². The number of benzene rings is 1. The summed E-state index contributed by atoms with van der Waals surface area (Å²) in [6, 6.07) is 6.06. The lowest BCUT2D eigenvalue weighted by Gasteiger charge is -2.02. The Morgan fingerprint density at radius 2 is 1.88 bits per heavy atom. The molecular weight excluding hydrogens is 212 g/mol. The van der Waals surface area contributed by atoms with Crippen LogP contribution in [0.3, 0.4) is 0 Å². The number of nitrogens with two attached hydrogens (primary N) is 1. The summed E-state index contributed by atoms with van der Waals surface area (Å²) in [6.45, 7) is 7.99. The maximum absolute atomic E-state index is 5.21. The zero-order valence-corrected chi connectivity index (χ0v) is 10.7. The third-order valence-electron chi connectivity index (χ3n) is 2.22. The lowest BCUT2D eigenvalue weighted by Crippen LogP contribution is -1.93. The van der Waals surface area contributed by atoms with E-state index in [0.717, 1.165) is 16.6 Å². The third-order valence-corrected chi connectivity index (χ3v) is 2.22. The van der Waals surface area contributed by atoms with Crippen LogP contribution in [0.1, 0.15) is 25.1 Å². The largest absolute Gasteiger partial charge is 0.390 e. The van der Waals surface area contributed by atoms with E-state index in [1.165, 1.54) is 11.9 Å². The summed E-state index contributed by atoms with van der Waals surface area (Å²) < 4.78 is 0. The van der Waals surface area contributed by atoms with Crippen molar-refractivity contribution in [3.05, 3.63) is 29.5 Å². The van der Waals surface area contributed by atoms with Crippen LogP contribution in [0.5, 0.6) is 0 Å². The van der Waals surface area contributed by atoms with E-state index < -0.39 is 0 Å². The number of aryl methyl sites for hydroxylation is 2. The van der Waals surface area contributed by atoms with Crippen molar-refractivity contribution in [2.24, 2.45) is 10.7 Å². The monoisotopic (exact) mass is 230 g/mol. The molecule has 0 aliphatic carbocycles. The highest BCUT2D eigenvalue weighted by Gasteiger charge is 2.02. The second-order valence-electron chi connectivity index (χ2n) is 3.41. The molecule has 0 saturated heterocycles. The number of nitrogens with zero attached hydrogens (tertiary/aromatic N) is 3. The van der Waals surface area contributed by atoms with Crippen molar-refractivity contribution >= 4 is 23.2 Å². The fraction of sp³-hybridized carbons (Fsp3) is 0.308. The summed E-state index contributed by atoms with van der Waals surface area (Å²) in [5, 5.41) is 1.06. The highest BCUT2D eigenvalue weighted by Crippen LogP contribution is 2.19. The van der Waals surface area contributed by atoms with Crippen LogP contribution >= 0.6 is 0 Å². The van der Waals surface area contributed by atoms with Gasteiger partial charge in [-0.25, -0.2) is 15.0 Å². The van der Waals surface area contributed by atoms with E-state index in [0.29, 0.717) is 5.95 Å². The number of aliphatic imine (C=N–C) groups is 1. The minimum atomic E-state index is 0.409. The number of fused-ring (bicyclic) bond motifs is 1. The third kappa shape index (κ3) is 3.00. The normalized spacial score (nSPS) is 10.4. The molecule has 1 heterocycles. The number of hydrogen-bond donors (Lipinski definition) is 1. The molecule has 0 bridgehead atoms. The van der Waals surface area contributed by atoms with Gasteiger partial charge in [-0.15, -0.1) is 0 Å². The van der Waals surface area contributed by atoms with Crippen molar-refractivity contribution in [2.75, 3.05) is 0 Å². The van der Waals surface area contributed by atoms with Gasteiger partial charge in [0.2, 0.25) is 0 Å². The van der Waals surface area contributed by atoms with Gasteiger partial charge in [0.15, 0.2) is 0 Å². The first kappa shape index (κ1) is 13.1. The highest BCUT2D eigenvalue weighted by molar-refractivity contribution is 5.82. The Kier molecular flexibility index (Phi) is 4.57. The van der Waals surface area contributed by atoms with Gasteiger partial charge in [0.05, 0.1) is 17.5 Å². The molecular formula is C13H18N4. The van der Waals surface area contributed by atoms with Crippen molar-refractivity contribution < 1.29 is 0 Å². The topological polar surface area (TPSA) is 64.2 Å².